The van der Waals surface area contributed by atoms with E-state index < -0.39 is 0 Å². The number of carbonyl (C=O) groups is 2. The van der Waals surface area contributed by atoms with Gasteiger partial charge in [0.1, 0.15) is 10.6 Å². The summed E-state index contributed by atoms with van der Waals surface area (Å²) in [5.41, 5.74) is 0.661. The quantitative estimate of drug-likeness (QED) is 0.615. The zero-order valence-electron chi connectivity index (χ0n) is 9.65. The summed E-state index contributed by atoms with van der Waals surface area (Å²) in [7, 11) is 1.53. The number of carbonyl (C=O) groups excluding carboxylic acids is 2. The first kappa shape index (κ1) is 11.8. The first-order valence-corrected chi connectivity index (χ1v) is 6.11. The van der Waals surface area contributed by atoms with Gasteiger partial charge < -0.3 is 4.74 Å². The lowest BCUT2D eigenvalue weighted by atomic mass is 10.1. The Hall–Kier alpha value is -1.68. The Kier molecular flexibility index (Phi) is 3.24. The van der Waals surface area contributed by atoms with Gasteiger partial charge in [0, 0.05) is 22.1 Å². The number of benzene rings is 1. The zero-order chi connectivity index (χ0) is 12.4. The SMILES string of the molecule is CCC(=O)c1ccc2sc(C=O)c(OC)c2c1. The highest BCUT2D eigenvalue weighted by atomic mass is 32.1. The van der Waals surface area contributed by atoms with Crippen LogP contribution in [0.15, 0.2) is 18.2 Å². The molecule has 0 saturated heterocycles. The highest BCUT2D eigenvalue weighted by molar-refractivity contribution is 7.21. The van der Waals surface area contributed by atoms with Crippen LogP contribution in [0.3, 0.4) is 0 Å². The fraction of sp³-hybridized carbons (Fsp3) is 0.231. The Balaban J connectivity index is 2.66. The van der Waals surface area contributed by atoms with Gasteiger partial charge in [0.25, 0.3) is 0 Å². The van der Waals surface area contributed by atoms with Crippen LogP contribution in [0.4, 0.5) is 0 Å². The van der Waals surface area contributed by atoms with E-state index in [9.17, 15) is 9.59 Å². The van der Waals surface area contributed by atoms with Gasteiger partial charge in [-0.3, -0.25) is 9.59 Å². The molecule has 2 rings (SSSR count). The van der Waals surface area contributed by atoms with Crippen molar-refractivity contribution >= 4 is 33.5 Å². The highest BCUT2D eigenvalue weighted by Gasteiger charge is 2.14. The molecular formula is C13H12O3S. The van der Waals surface area contributed by atoms with Gasteiger partial charge in [-0.1, -0.05) is 6.92 Å². The molecule has 2 aromatic rings. The lowest BCUT2D eigenvalue weighted by Gasteiger charge is -2.00. The van der Waals surface area contributed by atoms with Gasteiger partial charge in [0.05, 0.1) is 7.11 Å². The number of ether oxygens (including phenoxy) is 1. The molecule has 4 heteroatoms. The number of aldehydes is 1. The molecule has 0 atom stereocenters. The van der Waals surface area contributed by atoms with Crippen molar-refractivity contribution in [3.63, 3.8) is 0 Å². The van der Waals surface area contributed by atoms with E-state index >= 15 is 0 Å². The maximum Gasteiger partial charge on any atom is 0.163 e. The fourth-order valence-electron chi connectivity index (χ4n) is 1.76. The fourth-order valence-corrected chi connectivity index (χ4v) is 2.73. The number of fused-ring (bicyclic) bond motifs is 1. The monoisotopic (exact) mass is 248 g/mol. The number of hydrogen-bond acceptors (Lipinski definition) is 4. The Labute approximate surface area is 103 Å². The summed E-state index contributed by atoms with van der Waals surface area (Å²) in [6, 6.07) is 5.45. The molecular weight excluding hydrogens is 236 g/mol. The van der Waals surface area contributed by atoms with Gasteiger partial charge in [-0.2, -0.15) is 0 Å². The van der Waals surface area contributed by atoms with Crippen LogP contribution in [0.2, 0.25) is 0 Å². The van der Waals surface area contributed by atoms with E-state index in [-0.39, 0.29) is 5.78 Å². The van der Waals surface area contributed by atoms with Crippen molar-refractivity contribution in [3.8, 4) is 5.75 Å². The van der Waals surface area contributed by atoms with Gasteiger partial charge in [0.15, 0.2) is 12.1 Å². The number of methoxy groups -OCH3 is 1. The van der Waals surface area contributed by atoms with E-state index in [0.717, 1.165) is 16.4 Å². The molecule has 1 heterocycles. The van der Waals surface area contributed by atoms with E-state index in [4.69, 9.17) is 4.74 Å². The number of Topliss-reactive ketones (excluding diaryl/α,β-unsaturated/α-hetero) is 1. The number of hydrogen-bond donors (Lipinski definition) is 0. The lowest BCUT2D eigenvalue weighted by molar-refractivity contribution is 0.0988. The summed E-state index contributed by atoms with van der Waals surface area (Å²) in [5, 5.41) is 0.832. The molecule has 1 aromatic carbocycles. The van der Waals surface area contributed by atoms with E-state index in [1.54, 1.807) is 12.1 Å². The van der Waals surface area contributed by atoms with Gasteiger partial charge in [0.2, 0.25) is 0 Å². The molecule has 0 aliphatic heterocycles. The van der Waals surface area contributed by atoms with E-state index in [0.29, 0.717) is 22.6 Å². The molecule has 0 bridgehead atoms. The van der Waals surface area contributed by atoms with Crippen molar-refractivity contribution in [2.24, 2.45) is 0 Å². The first-order valence-electron chi connectivity index (χ1n) is 5.30. The summed E-state index contributed by atoms with van der Waals surface area (Å²) in [5.74, 6) is 0.651. The maximum absolute atomic E-state index is 11.6. The standard InChI is InChI=1S/C13H12O3S/c1-3-10(15)8-4-5-11-9(6-8)13(16-2)12(7-14)17-11/h4-7H,3H2,1-2H3. The molecule has 0 aliphatic rings. The number of rotatable bonds is 4. The van der Waals surface area contributed by atoms with Crippen LogP contribution >= 0.6 is 11.3 Å². The highest BCUT2D eigenvalue weighted by Crippen LogP contribution is 2.37. The smallest absolute Gasteiger partial charge is 0.163 e. The Morgan fingerprint density at radius 2 is 2.24 bits per heavy atom. The predicted molar refractivity (Wildman–Crippen MR) is 68.4 cm³/mol. The van der Waals surface area contributed by atoms with Crippen LogP contribution in [0.1, 0.15) is 33.4 Å². The topological polar surface area (TPSA) is 43.4 Å². The normalized spacial score (nSPS) is 10.5. The molecule has 0 amide bonds. The van der Waals surface area contributed by atoms with E-state index in [1.807, 2.05) is 13.0 Å². The van der Waals surface area contributed by atoms with Gasteiger partial charge in [-0.25, -0.2) is 0 Å². The third kappa shape index (κ3) is 1.96. The second-order valence-corrected chi connectivity index (χ2v) is 4.69. The molecule has 0 unspecified atom stereocenters. The van der Waals surface area contributed by atoms with Gasteiger partial charge in [-0.15, -0.1) is 11.3 Å². The lowest BCUT2D eigenvalue weighted by Crippen LogP contribution is -1.95. The minimum absolute atomic E-state index is 0.0906. The van der Waals surface area contributed by atoms with E-state index in [2.05, 4.69) is 0 Å². The molecule has 0 N–H and O–H groups in total. The molecule has 0 fully saturated rings. The summed E-state index contributed by atoms with van der Waals surface area (Å²) in [6.07, 6.45) is 1.25. The van der Waals surface area contributed by atoms with Crippen molar-refractivity contribution in [1.82, 2.24) is 0 Å². The van der Waals surface area contributed by atoms with E-state index in [1.165, 1.54) is 18.4 Å². The number of thiophene rings is 1. The van der Waals surface area contributed by atoms with Crippen LogP contribution in [-0.4, -0.2) is 19.2 Å². The molecule has 0 spiro atoms. The predicted octanol–water partition coefficient (Wildman–Crippen LogP) is 3.32. The van der Waals surface area contributed by atoms with Crippen LogP contribution in [-0.2, 0) is 0 Å². The molecule has 0 saturated carbocycles. The minimum atomic E-state index is 0.0906. The largest absolute Gasteiger partial charge is 0.494 e. The maximum atomic E-state index is 11.6. The Bertz CT molecular complexity index is 584. The molecule has 3 nitrogen and oxygen atoms in total. The second-order valence-electron chi connectivity index (χ2n) is 3.61. The van der Waals surface area contributed by atoms with Crippen molar-refractivity contribution in [3.05, 3.63) is 28.6 Å². The summed E-state index contributed by atoms with van der Waals surface area (Å²) >= 11 is 1.37. The van der Waals surface area contributed by atoms with Crippen molar-refractivity contribution in [2.75, 3.05) is 7.11 Å². The Morgan fingerprint density at radius 1 is 1.47 bits per heavy atom. The minimum Gasteiger partial charge on any atom is -0.494 e. The molecule has 0 aliphatic carbocycles. The third-order valence-electron chi connectivity index (χ3n) is 2.62. The van der Waals surface area contributed by atoms with Gasteiger partial charge in [-0.05, 0) is 18.2 Å². The van der Waals surface area contributed by atoms with Crippen LogP contribution in [0.25, 0.3) is 10.1 Å². The van der Waals surface area contributed by atoms with Crippen molar-refractivity contribution in [2.45, 2.75) is 13.3 Å². The first-order chi connectivity index (χ1) is 8.21. The third-order valence-corrected chi connectivity index (χ3v) is 3.70. The molecule has 0 radical (unpaired) electrons. The molecule has 17 heavy (non-hydrogen) atoms. The zero-order valence-corrected chi connectivity index (χ0v) is 10.5. The van der Waals surface area contributed by atoms with Crippen LogP contribution in [0, 0.1) is 0 Å². The Morgan fingerprint density at radius 3 is 2.82 bits per heavy atom. The van der Waals surface area contributed by atoms with Crippen molar-refractivity contribution < 1.29 is 14.3 Å². The van der Waals surface area contributed by atoms with Crippen molar-refractivity contribution in [1.29, 1.82) is 0 Å². The van der Waals surface area contributed by atoms with Crippen LogP contribution < -0.4 is 4.74 Å². The molecule has 88 valence electrons. The average molecular weight is 248 g/mol. The summed E-state index contributed by atoms with van der Waals surface area (Å²) in [4.78, 5) is 23.1. The van der Waals surface area contributed by atoms with Gasteiger partial charge >= 0.3 is 0 Å². The second kappa shape index (κ2) is 4.67. The van der Waals surface area contributed by atoms with Crippen LogP contribution in [0.5, 0.6) is 5.75 Å². The summed E-state index contributed by atoms with van der Waals surface area (Å²) < 4.78 is 6.18. The molecule has 1 aromatic heterocycles. The summed E-state index contributed by atoms with van der Waals surface area (Å²) in [6.45, 7) is 1.83. The average Bonchev–Trinajstić information content (AvgIpc) is 2.74. The number of ketones is 1.